The molecule has 5 nitrogen and oxygen atoms in total. The molecule has 2 N–H and O–H groups in total. The van der Waals surface area contributed by atoms with Crippen LogP contribution in [0.4, 0.5) is 0 Å². The number of thiazole rings is 1. The number of aromatic nitrogens is 1. The van der Waals surface area contributed by atoms with Gasteiger partial charge >= 0.3 is 0 Å². The lowest BCUT2D eigenvalue weighted by molar-refractivity contribution is -0.122. The maximum atomic E-state index is 13.1. The highest BCUT2D eigenvalue weighted by Crippen LogP contribution is 2.29. The van der Waals surface area contributed by atoms with Gasteiger partial charge in [-0.2, -0.15) is 0 Å². The lowest BCUT2D eigenvalue weighted by atomic mass is 10.0. The first-order chi connectivity index (χ1) is 14.1. The minimum absolute atomic E-state index is 0.0541. The lowest BCUT2D eigenvalue weighted by Crippen LogP contribution is -2.31. The van der Waals surface area contributed by atoms with Crippen molar-refractivity contribution in [1.82, 2.24) is 14.8 Å². The Morgan fingerprint density at radius 2 is 2.07 bits per heavy atom. The highest BCUT2D eigenvalue weighted by Gasteiger charge is 2.24. The Morgan fingerprint density at radius 3 is 2.90 bits per heavy atom. The van der Waals surface area contributed by atoms with Crippen LogP contribution in [-0.4, -0.2) is 39.8 Å². The minimum atomic E-state index is -0.0541. The molecule has 1 atom stereocenters. The predicted octanol–water partition coefficient (Wildman–Crippen LogP) is 3.71. The third-order valence-corrected chi connectivity index (χ3v) is 6.38. The smallest absolute Gasteiger partial charge is 0.255 e. The number of carbonyl (C=O) groups is 1. The van der Waals surface area contributed by atoms with Gasteiger partial charge in [-0.1, -0.05) is 18.2 Å². The number of carbonyl (C=O) groups excluding carboxylic acids is 1. The Balaban J connectivity index is 1.49. The van der Waals surface area contributed by atoms with E-state index < -0.39 is 0 Å². The van der Waals surface area contributed by atoms with E-state index in [1.807, 2.05) is 49.6 Å². The van der Waals surface area contributed by atoms with Crippen LogP contribution in [0.3, 0.4) is 0 Å². The van der Waals surface area contributed by atoms with Gasteiger partial charge in [-0.15, -0.1) is 11.3 Å². The molecule has 1 fully saturated rings. The summed E-state index contributed by atoms with van der Waals surface area (Å²) in [5.41, 5.74) is 10.9. The Morgan fingerprint density at radius 1 is 1.21 bits per heavy atom. The summed E-state index contributed by atoms with van der Waals surface area (Å²) in [6, 6.07) is 6.36. The molecule has 146 valence electrons. The highest BCUT2D eigenvalue weighted by atomic mass is 32.1. The summed E-state index contributed by atoms with van der Waals surface area (Å²) in [6.45, 7) is 3.76. The summed E-state index contributed by atoms with van der Waals surface area (Å²) in [7, 11) is 0. The highest BCUT2D eigenvalue weighted by molar-refractivity contribution is 7.18. The molecular weight excluding hydrogens is 380 g/mol. The van der Waals surface area contributed by atoms with Crippen molar-refractivity contribution in [2.24, 2.45) is 5.73 Å². The van der Waals surface area contributed by atoms with Crippen molar-refractivity contribution < 1.29 is 4.79 Å². The van der Waals surface area contributed by atoms with Gasteiger partial charge in [0.1, 0.15) is 0 Å². The molecular formula is C23H22N4OS. The number of hydrogen-bond donors (Lipinski definition) is 1. The van der Waals surface area contributed by atoms with E-state index in [4.69, 9.17) is 5.73 Å². The van der Waals surface area contributed by atoms with Crippen molar-refractivity contribution in [3.8, 4) is 0 Å². The van der Waals surface area contributed by atoms with Crippen LogP contribution in [0.1, 0.15) is 17.0 Å². The van der Waals surface area contributed by atoms with E-state index in [2.05, 4.69) is 22.0 Å². The molecule has 1 saturated heterocycles. The van der Waals surface area contributed by atoms with E-state index in [9.17, 15) is 4.79 Å². The molecule has 3 aliphatic heterocycles. The second kappa shape index (κ2) is 7.13. The van der Waals surface area contributed by atoms with Gasteiger partial charge in [0.05, 0.1) is 20.9 Å². The largest absolute Gasteiger partial charge is 0.369 e. The summed E-state index contributed by atoms with van der Waals surface area (Å²) >= 11 is 1.67. The van der Waals surface area contributed by atoms with Crippen molar-refractivity contribution in [3.05, 3.63) is 82.8 Å². The van der Waals surface area contributed by atoms with Gasteiger partial charge in [0.25, 0.3) is 5.91 Å². The maximum absolute atomic E-state index is 13.1. The van der Waals surface area contributed by atoms with E-state index in [0.29, 0.717) is 0 Å². The van der Waals surface area contributed by atoms with Gasteiger partial charge in [0, 0.05) is 37.1 Å². The van der Waals surface area contributed by atoms with Gasteiger partial charge in [0.15, 0.2) is 0 Å². The van der Waals surface area contributed by atoms with Crippen LogP contribution in [0.2, 0.25) is 0 Å². The fourth-order valence-electron chi connectivity index (χ4n) is 3.94. The molecule has 6 heteroatoms. The fourth-order valence-corrected chi connectivity index (χ4v) is 4.80. The number of fused-ring (bicyclic) bond motifs is 2. The second-order valence-corrected chi connectivity index (χ2v) is 8.79. The third kappa shape index (κ3) is 3.45. The lowest BCUT2D eigenvalue weighted by Gasteiger charge is -2.28. The zero-order chi connectivity index (χ0) is 20.0. The predicted molar refractivity (Wildman–Crippen MR) is 118 cm³/mol. The number of hydrogen-bond acceptors (Lipinski definition) is 5. The van der Waals surface area contributed by atoms with E-state index in [-0.39, 0.29) is 11.9 Å². The van der Waals surface area contributed by atoms with Crippen molar-refractivity contribution in [3.63, 3.8) is 0 Å². The number of likely N-dealkylation sites (tertiary alicyclic amines) is 1. The summed E-state index contributed by atoms with van der Waals surface area (Å²) < 4.78 is 1.13. The average Bonchev–Trinajstić information content (AvgIpc) is 3.29. The van der Waals surface area contributed by atoms with Crippen molar-refractivity contribution >= 4 is 33.0 Å². The van der Waals surface area contributed by atoms with Gasteiger partial charge in [-0.25, -0.2) is 4.98 Å². The van der Waals surface area contributed by atoms with Crippen LogP contribution in [0.25, 0.3) is 15.8 Å². The van der Waals surface area contributed by atoms with Crippen LogP contribution in [0, 0.1) is 6.92 Å². The number of rotatable bonds is 2. The van der Waals surface area contributed by atoms with Gasteiger partial charge in [0.2, 0.25) is 0 Å². The van der Waals surface area contributed by atoms with Crippen LogP contribution >= 0.6 is 11.3 Å². The molecule has 0 aliphatic carbocycles. The Kier molecular flexibility index (Phi) is 4.45. The van der Waals surface area contributed by atoms with Crippen molar-refractivity contribution in [2.75, 3.05) is 13.1 Å². The van der Waals surface area contributed by atoms with Crippen LogP contribution < -0.4 is 5.73 Å². The van der Waals surface area contributed by atoms with E-state index in [1.54, 1.807) is 22.3 Å². The molecule has 1 amide bonds. The quantitative estimate of drug-likeness (QED) is 0.832. The second-order valence-electron chi connectivity index (χ2n) is 7.56. The first kappa shape index (κ1) is 18.1. The normalized spacial score (nSPS) is 26.3. The number of aryl methyl sites for hydroxylation is 1. The molecule has 0 spiro atoms. The molecule has 29 heavy (non-hydrogen) atoms. The van der Waals surface area contributed by atoms with E-state index >= 15 is 0 Å². The number of nitrogens with zero attached hydrogens (tertiary/aromatic N) is 3. The molecule has 1 unspecified atom stereocenters. The van der Waals surface area contributed by atoms with Gasteiger partial charge in [-0.3, -0.25) is 9.69 Å². The molecule has 0 bridgehead atoms. The summed E-state index contributed by atoms with van der Waals surface area (Å²) in [6.07, 6.45) is 14.6. The minimum Gasteiger partial charge on any atom is -0.369 e. The van der Waals surface area contributed by atoms with Crippen molar-refractivity contribution in [2.45, 2.75) is 19.4 Å². The van der Waals surface area contributed by atoms with Crippen molar-refractivity contribution in [1.29, 1.82) is 0 Å². The SMILES string of the molecule is Cc1nc2ccc(C3=C\C(=O)N4C=C(N5CCC(N)C5)C=C\C4=C/C=C/3)cc2s1. The zero-order valence-corrected chi connectivity index (χ0v) is 17.0. The van der Waals surface area contributed by atoms with Gasteiger partial charge < -0.3 is 10.6 Å². The fraction of sp³-hybridized carbons (Fsp3) is 0.217. The Hall–Kier alpha value is -2.96. The van der Waals surface area contributed by atoms with Crippen LogP contribution in [0.5, 0.6) is 0 Å². The number of amides is 1. The molecule has 5 rings (SSSR count). The standard InChI is InChI=1S/C23H22N4OS/c1-15-25-21-8-5-17(11-22(21)29-15)16-3-2-4-19-6-7-20(14-27(19)23(28)12-16)26-10-9-18(24)13-26/h2-8,11-12,14,18H,9-10,13,24H2,1H3/b3-2+,16-12+,19-4+. The van der Waals surface area contributed by atoms with E-state index in [0.717, 1.165) is 57.3 Å². The topological polar surface area (TPSA) is 62.5 Å². The Labute approximate surface area is 173 Å². The van der Waals surface area contributed by atoms with E-state index in [1.165, 1.54) is 0 Å². The molecule has 4 heterocycles. The monoisotopic (exact) mass is 402 g/mol. The molecule has 1 aromatic heterocycles. The number of nitrogens with two attached hydrogens (primary N) is 1. The summed E-state index contributed by atoms with van der Waals surface area (Å²) in [4.78, 5) is 21.6. The summed E-state index contributed by atoms with van der Waals surface area (Å²) in [5, 5.41) is 1.04. The average molecular weight is 403 g/mol. The molecule has 2 aromatic rings. The summed E-state index contributed by atoms with van der Waals surface area (Å²) in [5.74, 6) is -0.0541. The first-order valence-electron chi connectivity index (χ1n) is 9.78. The third-order valence-electron chi connectivity index (χ3n) is 5.44. The number of allylic oxidation sites excluding steroid dienone is 6. The Bertz CT molecular complexity index is 1150. The molecule has 3 aliphatic rings. The molecule has 0 radical (unpaired) electrons. The number of benzene rings is 1. The first-order valence-corrected chi connectivity index (χ1v) is 10.6. The molecule has 1 aromatic carbocycles. The van der Waals surface area contributed by atoms with Crippen LogP contribution in [-0.2, 0) is 4.79 Å². The maximum Gasteiger partial charge on any atom is 0.255 e. The van der Waals surface area contributed by atoms with Crippen LogP contribution in [0.15, 0.2) is 72.2 Å². The van der Waals surface area contributed by atoms with Gasteiger partial charge in [-0.05, 0) is 54.8 Å². The zero-order valence-electron chi connectivity index (χ0n) is 16.2. The molecule has 0 saturated carbocycles.